The van der Waals surface area contributed by atoms with Gasteiger partial charge in [0.25, 0.3) is 5.91 Å². The SMILES string of the molecule is Cl.O=C(c1ccc(F)cc1F)N1CCCNCC1. The molecule has 0 spiro atoms. The number of halogens is 3. The van der Waals surface area contributed by atoms with Crippen molar-refractivity contribution in [2.75, 3.05) is 26.2 Å². The van der Waals surface area contributed by atoms with Crippen LogP contribution in [0.4, 0.5) is 8.78 Å². The van der Waals surface area contributed by atoms with E-state index in [4.69, 9.17) is 0 Å². The molecule has 1 aromatic carbocycles. The first kappa shape index (κ1) is 14.9. The number of hydrogen-bond donors (Lipinski definition) is 1. The van der Waals surface area contributed by atoms with Gasteiger partial charge in [-0.05, 0) is 25.1 Å². The van der Waals surface area contributed by atoms with Crippen LogP contribution in [0.15, 0.2) is 18.2 Å². The van der Waals surface area contributed by atoms with Crippen LogP contribution in [0, 0.1) is 11.6 Å². The highest BCUT2D eigenvalue weighted by Crippen LogP contribution is 2.13. The molecule has 1 fully saturated rings. The number of rotatable bonds is 1. The van der Waals surface area contributed by atoms with E-state index in [0.29, 0.717) is 19.6 Å². The van der Waals surface area contributed by atoms with Crippen LogP contribution in [0.3, 0.4) is 0 Å². The van der Waals surface area contributed by atoms with Gasteiger partial charge in [0.2, 0.25) is 0 Å². The number of amides is 1. The van der Waals surface area contributed by atoms with Gasteiger partial charge >= 0.3 is 0 Å². The quantitative estimate of drug-likeness (QED) is 0.849. The average Bonchev–Trinajstić information content (AvgIpc) is 2.56. The number of carbonyl (C=O) groups excluding carboxylic acids is 1. The van der Waals surface area contributed by atoms with Crippen molar-refractivity contribution in [2.24, 2.45) is 0 Å². The second-order valence-electron chi connectivity index (χ2n) is 4.02. The zero-order valence-electron chi connectivity index (χ0n) is 9.79. The predicted molar refractivity (Wildman–Crippen MR) is 67.0 cm³/mol. The van der Waals surface area contributed by atoms with Crippen LogP contribution in [-0.4, -0.2) is 37.0 Å². The molecule has 1 amide bonds. The second-order valence-corrected chi connectivity index (χ2v) is 4.02. The largest absolute Gasteiger partial charge is 0.337 e. The van der Waals surface area contributed by atoms with Gasteiger partial charge in [0, 0.05) is 25.7 Å². The van der Waals surface area contributed by atoms with Crippen molar-refractivity contribution in [3.05, 3.63) is 35.4 Å². The van der Waals surface area contributed by atoms with Crippen molar-refractivity contribution in [1.82, 2.24) is 10.2 Å². The normalized spacial score (nSPS) is 15.8. The van der Waals surface area contributed by atoms with E-state index in [0.717, 1.165) is 25.1 Å². The third-order valence-corrected chi connectivity index (χ3v) is 2.79. The number of benzene rings is 1. The molecule has 6 heteroatoms. The van der Waals surface area contributed by atoms with Crippen molar-refractivity contribution in [1.29, 1.82) is 0 Å². The molecule has 1 aliphatic heterocycles. The maximum atomic E-state index is 13.5. The van der Waals surface area contributed by atoms with E-state index in [1.165, 1.54) is 6.07 Å². The molecular weight excluding hydrogens is 262 g/mol. The molecule has 0 aromatic heterocycles. The van der Waals surface area contributed by atoms with Crippen LogP contribution >= 0.6 is 12.4 Å². The Balaban J connectivity index is 0.00000162. The summed E-state index contributed by atoms with van der Waals surface area (Å²) >= 11 is 0. The highest BCUT2D eigenvalue weighted by atomic mass is 35.5. The fourth-order valence-electron chi connectivity index (χ4n) is 1.88. The molecule has 18 heavy (non-hydrogen) atoms. The Hall–Kier alpha value is -1.20. The van der Waals surface area contributed by atoms with Crippen molar-refractivity contribution >= 4 is 18.3 Å². The summed E-state index contributed by atoms with van der Waals surface area (Å²) < 4.78 is 26.2. The average molecular weight is 277 g/mol. The number of nitrogens with one attached hydrogen (secondary N) is 1. The zero-order chi connectivity index (χ0) is 12.3. The lowest BCUT2D eigenvalue weighted by Crippen LogP contribution is -2.34. The van der Waals surface area contributed by atoms with Crippen molar-refractivity contribution in [2.45, 2.75) is 6.42 Å². The van der Waals surface area contributed by atoms with Crippen molar-refractivity contribution < 1.29 is 13.6 Å². The molecule has 0 bridgehead atoms. The zero-order valence-corrected chi connectivity index (χ0v) is 10.6. The molecular formula is C12H15ClF2N2O. The summed E-state index contributed by atoms with van der Waals surface area (Å²) in [5.41, 5.74) is -0.0618. The summed E-state index contributed by atoms with van der Waals surface area (Å²) in [6.45, 7) is 2.71. The molecule has 1 saturated heterocycles. The van der Waals surface area contributed by atoms with Gasteiger partial charge in [-0.1, -0.05) is 0 Å². The summed E-state index contributed by atoms with van der Waals surface area (Å²) in [4.78, 5) is 13.6. The maximum Gasteiger partial charge on any atom is 0.256 e. The lowest BCUT2D eigenvalue weighted by atomic mass is 10.1. The minimum absolute atomic E-state index is 0. The molecule has 3 nitrogen and oxygen atoms in total. The molecule has 0 aliphatic carbocycles. The summed E-state index contributed by atoms with van der Waals surface area (Å²) in [6, 6.07) is 3.04. The fraction of sp³-hybridized carbons (Fsp3) is 0.417. The standard InChI is InChI=1S/C12H14F2N2O.ClH/c13-9-2-3-10(11(14)8-9)12(17)16-6-1-4-15-5-7-16;/h2-3,8,15H,1,4-7H2;1H. The predicted octanol–water partition coefficient (Wildman–Crippen LogP) is 1.82. The molecule has 1 aliphatic rings. The van der Waals surface area contributed by atoms with E-state index in [2.05, 4.69) is 5.32 Å². The number of nitrogens with zero attached hydrogens (tertiary/aromatic N) is 1. The highest BCUT2D eigenvalue weighted by Gasteiger charge is 2.20. The Labute approximate surface area is 111 Å². The van der Waals surface area contributed by atoms with Gasteiger partial charge in [-0.25, -0.2) is 8.78 Å². The highest BCUT2D eigenvalue weighted by molar-refractivity contribution is 5.94. The minimum atomic E-state index is -0.799. The van der Waals surface area contributed by atoms with Gasteiger partial charge in [-0.15, -0.1) is 12.4 Å². The first-order valence-corrected chi connectivity index (χ1v) is 5.63. The fourth-order valence-corrected chi connectivity index (χ4v) is 1.88. The maximum absolute atomic E-state index is 13.5. The van der Waals surface area contributed by atoms with Gasteiger partial charge in [0.15, 0.2) is 0 Å². The Morgan fingerprint density at radius 2 is 2.00 bits per heavy atom. The van der Waals surface area contributed by atoms with Gasteiger partial charge in [0.05, 0.1) is 5.56 Å². The van der Waals surface area contributed by atoms with Crippen LogP contribution < -0.4 is 5.32 Å². The lowest BCUT2D eigenvalue weighted by molar-refractivity contribution is 0.0761. The summed E-state index contributed by atoms with van der Waals surface area (Å²) in [5, 5.41) is 3.16. The molecule has 0 radical (unpaired) electrons. The van der Waals surface area contributed by atoms with Crippen LogP contribution in [0.2, 0.25) is 0 Å². The Bertz CT molecular complexity index is 421. The lowest BCUT2D eigenvalue weighted by Gasteiger charge is -2.20. The van der Waals surface area contributed by atoms with E-state index >= 15 is 0 Å². The summed E-state index contributed by atoms with van der Waals surface area (Å²) in [7, 11) is 0. The summed E-state index contributed by atoms with van der Waals surface area (Å²) in [6.07, 6.45) is 0.842. The monoisotopic (exact) mass is 276 g/mol. The minimum Gasteiger partial charge on any atom is -0.337 e. The number of carbonyl (C=O) groups is 1. The van der Waals surface area contributed by atoms with Crippen LogP contribution in [-0.2, 0) is 0 Å². The third kappa shape index (κ3) is 3.40. The third-order valence-electron chi connectivity index (χ3n) is 2.79. The first-order valence-electron chi connectivity index (χ1n) is 5.63. The van der Waals surface area contributed by atoms with Gasteiger partial charge in [0.1, 0.15) is 11.6 Å². The molecule has 100 valence electrons. The van der Waals surface area contributed by atoms with E-state index in [1.54, 1.807) is 4.90 Å². The van der Waals surface area contributed by atoms with Gasteiger partial charge in [-0.3, -0.25) is 4.79 Å². The smallest absolute Gasteiger partial charge is 0.256 e. The summed E-state index contributed by atoms with van der Waals surface area (Å²) in [5.74, 6) is -1.84. The van der Waals surface area contributed by atoms with E-state index in [1.807, 2.05) is 0 Å². The topological polar surface area (TPSA) is 32.3 Å². The van der Waals surface area contributed by atoms with E-state index in [9.17, 15) is 13.6 Å². The van der Waals surface area contributed by atoms with Crippen LogP contribution in [0.5, 0.6) is 0 Å². The Morgan fingerprint density at radius 3 is 2.72 bits per heavy atom. The first-order chi connectivity index (χ1) is 8.18. The van der Waals surface area contributed by atoms with Crippen molar-refractivity contribution in [3.8, 4) is 0 Å². The van der Waals surface area contributed by atoms with Crippen LogP contribution in [0.25, 0.3) is 0 Å². The second kappa shape index (κ2) is 6.66. The van der Waals surface area contributed by atoms with Crippen molar-refractivity contribution in [3.63, 3.8) is 0 Å². The molecule has 0 saturated carbocycles. The van der Waals surface area contributed by atoms with E-state index < -0.39 is 11.6 Å². The molecule has 1 heterocycles. The molecule has 1 N–H and O–H groups in total. The Kier molecular flexibility index (Phi) is 5.50. The molecule has 0 unspecified atom stereocenters. The molecule has 1 aromatic rings. The molecule has 0 atom stereocenters. The Morgan fingerprint density at radius 1 is 1.22 bits per heavy atom. The van der Waals surface area contributed by atoms with Crippen LogP contribution in [0.1, 0.15) is 16.8 Å². The number of hydrogen-bond acceptors (Lipinski definition) is 2. The van der Waals surface area contributed by atoms with E-state index in [-0.39, 0.29) is 23.9 Å². The van der Waals surface area contributed by atoms with Gasteiger partial charge in [-0.2, -0.15) is 0 Å². The van der Waals surface area contributed by atoms with Gasteiger partial charge < -0.3 is 10.2 Å². The molecule has 2 rings (SSSR count).